The van der Waals surface area contributed by atoms with Crippen molar-refractivity contribution < 1.29 is 9.18 Å². The van der Waals surface area contributed by atoms with Gasteiger partial charge in [0.05, 0.1) is 6.54 Å². The van der Waals surface area contributed by atoms with Gasteiger partial charge in [-0.15, -0.1) is 0 Å². The highest BCUT2D eigenvalue weighted by Crippen LogP contribution is 2.12. The fourth-order valence-corrected chi connectivity index (χ4v) is 1.76. The summed E-state index contributed by atoms with van der Waals surface area (Å²) in [4.78, 5) is 13.3. The normalized spacial score (nSPS) is 16.9. The van der Waals surface area contributed by atoms with E-state index in [-0.39, 0.29) is 12.5 Å². The van der Waals surface area contributed by atoms with E-state index < -0.39 is 6.17 Å². The summed E-state index contributed by atoms with van der Waals surface area (Å²) < 4.78 is 12.5. The monoisotopic (exact) mass is 222 g/mol. The summed E-state index contributed by atoms with van der Waals surface area (Å²) in [5, 5.41) is 2.79. The first kappa shape index (κ1) is 11.1. The van der Waals surface area contributed by atoms with E-state index in [2.05, 4.69) is 5.32 Å². The number of nitrogens with one attached hydrogen (secondary N) is 1. The van der Waals surface area contributed by atoms with Crippen LogP contribution in [0.15, 0.2) is 24.3 Å². The Labute approximate surface area is 94.3 Å². The molecule has 0 radical (unpaired) electrons. The fourth-order valence-electron chi connectivity index (χ4n) is 1.76. The molecule has 0 atom stereocenters. The number of alkyl halides is 1. The van der Waals surface area contributed by atoms with Gasteiger partial charge < -0.3 is 5.32 Å². The van der Waals surface area contributed by atoms with Gasteiger partial charge in [0.2, 0.25) is 5.91 Å². The molecule has 0 aromatic heterocycles. The lowest BCUT2D eigenvalue weighted by atomic mass is 10.2. The Morgan fingerprint density at radius 1 is 1.56 bits per heavy atom. The Morgan fingerprint density at radius 3 is 2.94 bits per heavy atom. The Balaban J connectivity index is 1.83. The lowest BCUT2D eigenvalue weighted by molar-refractivity contribution is -0.119. The number of likely N-dealkylation sites (tertiary alicyclic amines) is 1. The third-order valence-electron chi connectivity index (χ3n) is 2.58. The van der Waals surface area contributed by atoms with Crippen LogP contribution in [-0.2, 0) is 4.79 Å². The van der Waals surface area contributed by atoms with Crippen LogP contribution in [0.5, 0.6) is 0 Å². The predicted octanol–water partition coefficient (Wildman–Crippen LogP) is 1.59. The molecule has 1 amide bonds. The van der Waals surface area contributed by atoms with Gasteiger partial charge in [0.1, 0.15) is 6.17 Å². The fraction of sp³-hybridized carbons (Fsp3) is 0.417. The van der Waals surface area contributed by atoms with Crippen molar-refractivity contribution in [2.45, 2.75) is 13.1 Å². The lowest BCUT2D eigenvalue weighted by Crippen LogP contribution is -2.51. The van der Waals surface area contributed by atoms with Gasteiger partial charge in [0, 0.05) is 18.8 Å². The number of carbonyl (C=O) groups excluding carboxylic acids is 1. The molecule has 0 spiro atoms. The number of aryl methyl sites for hydroxylation is 1. The average Bonchev–Trinajstić information content (AvgIpc) is 2.15. The molecule has 1 aliphatic heterocycles. The van der Waals surface area contributed by atoms with Crippen molar-refractivity contribution >= 4 is 11.6 Å². The molecule has 0 saturated carbocycles. The van der Waals surface area contributed by atoms with Gasteiger partial charge in [0.15, 0.2) is 0 Å². The third kappa shape index (κ3) is 2.79. The first-order chi connectivity index (χ1) is 7.63. The number of carbonyl (C=O) groups is 1. The highest BCUT2D eigenvalue weighted by Gasteiger charge is 2.27. The minimum Gasteiger partial charge on any atom is -0.325 e. The number of nitrogens with zero attached hydrogens (tertiary/aromatic N) is 1. The molecule has 0 unspecified atom stereocenters. The van der Waals surface area contributed by atoms with Gasteiger partial charge in [-0.2, -0.15) is 0 Å². The maximum atomic E-state index is 12.5. The highest BCUT2D eigenvalue weighted by molar-refractivity contribution is 5.92. The van der Waals surface area contributed by atoms with Crippen LogP contribution < -0.4 is 5.32 Å². The van der Waals surface area contributed by atoms with Crippen LogP contribution in [0, 0.1) is 6.92 Å². The van der Waals surface area contributed by atoms with E-state index in [4.69, 9.17) is 0 Å². The highest BCUT2D eigenvalue weighted by atomic mass is 19.1. The van der Waals surface area contributed by atoms with Crippen molar-refractivity contribution in [2.75, 3.05) is 25.0 Å². The molecule has 16 heavy (non-hydrogen) atoms. The molecule has 1 aromatic rings. The first-order valence-electron chi connectivity index (χ1n) is 5.36. The molecular weight excluding hydrogens is 207 g/mol. The van der Waals surface area contributed by atoms with E-state index in [9.17, 15) is 9.18 Å². The molecule has 1 heterocycles. The molecule has 2 rings (SSSR count). The Bertz CT molecular complexity index is 388. The van der Waals surface area contributed by atoms with E-state index in [0.29, 0.717) is 13.1 Å². The number of halogens is 1. The number of hydrogen-bond donors (Lipinski definition) is 1. The van der Waals surface area contributed by atoms with E-state index in [0.717, 1.165) is 11.3 Å². The second-order valence-electron chi connectivity index (χ2n) is 4.21. The van der Waals surface area contributed by atoms with Crippen molar-refractivity contribution in [3.05, 3.63) is 29.8 Å². The lowest BCUT2D eigenvalue weighted by Gasteiger charge is -2.33. The molecule has 1 aromatic carbocycles. The summed E-state index contributed by atoms with van der Waals surface area (Å²) in [5.41, 5.74) is 1.90. The van der Waals surface area contributed by atoms with Crippen molar-refractivity contribution in [1.82, 2.24) is 4.90 Å². The van der Waals surface area contributed by atoms with Crippen LogP contribution >= 0.6 is 0 Å². The topological polar surface area (TPSA) is 32.3 Å². The van der Waals surface area contributed by atoms with Gasteiger partial charge in [-0.05, 0) is 24.6 Å². The van der Waals surface area contributed by atoms with Gasteiger partial charge in [-0.25, -0.2) is 4.39 Å². The van der Waals surface area contributed by atoms with E-state index in [1.807, 2.05) is 31.2 Å². The minimum absolute atomic E-state index is 0.0856. The van der Waals surface area contributed by atoms with Crippen molar-refractivity contribution in [3.63, 3.8) is 0 Å². The molecule has 1 aliphatic rings. The Hall–Kier alpha value is -1.42. The minimum atomic E-state index is -0.758. The number of benzene rings is 1. The number of amides is 1. The van der Waals surface area contributed by atoms with Gasteiger partial charge in [-0.1, -0.05) is 12.1 Å². The van der Waals surface area contributed by atoms with Crippen LogP contribution in [0.25, 0.3) is 0 Å². The number of rotatable bonds is 3. The van der Waals surface area contributed by atoms with Gasteiger partial charge >= 0.3 is 0 Å². The predicted molar refractivity (Wildman–Crippen MR) is 61.1 cm³/mol. The second-order valence-corrected chi connectivity index (χ2v) is 4.21. The van der Waals surface area contributed by atoms with Gasteiger partial charge in [0.25, 0.3) is 0 Å². The van der Waals surface area contributed by atoms with Gasteiger partial charge in [-0.3, -0.25) is 9.69 Å². The zero-order valence-corrected chi connectivity index (χ0v) is 9.24. The van der Waals surface area contributed by atoms with E-state index in [1.54, 1.807) is 4.90 Å². The van der Waals surface area contributed by atoms with Crippen molar-refractivity contribution in [2.24, 2.45) is 0 Å². The molecule has 4 heteroatoms. The molecule has 0 bridgehead atoms. The van der Waals surface area contributed by atoms with E-state index in [1.165, 1.54) is 0 Å². The summed E-state index contributed by atoms with van der Waals surface area (Å²) in [6.45, 7) is 3.00. The molecule has 1 saturated heterocycles. The number of anilines is 1. The third-order valence-corrected chi connectivity index (χ3v) is 2.58. The summed E-state index contributed by atoms with van der Waals surface area (Å²) in [6.07, 6.45) is -0.758. The summed E-state index contributed by atoms with van der Waals surface area (Å²) >= 11 is 0. The zero-order chi connectivity index (χ0) is 11.5. The zero-order valence-electron chi connectivity index (χ0n) is 9.24. The Morgan fingerprint density at radius 2 is 2.31 bits per heavy atom. The summed E-state index contributed by atoms with van der Waals surface area (Å²) in [5.74, 6) is -0.0856. The second kappa shape index (κ2) is 4.61. The summed E-state index contributed by atoms with van der Waals surface area (Å²) in [6, 6.07) is 7.62. The molecule has 0 aliphatic carbocycles. The molecule has 3 nitrogen and oxygen atoms in total. The Kier molecular flexibility index (Phi) is 3.19. The summed E-state index contributed by atoms with van der Waals surface area (Å²) in [7, 11) is 0. The molecular formula is C12H15FN2O. The van der Waals surface area contributed by atoms with E-state index >= 15 is 0 Å². The van der Waals surface area contributed by atoms with Crippen LogP contribution in [0.4, 0.5) is 10.1 Å². The SMILES string of the molecule is Cc1cccc(NC(=O)CN2CC(F)C2)c1. The maximum absolute atomic E-state index is 12.5. The smallest absolute Gasteiger partial charge is 0.238 e. The van der Waals surface area contributed by atoms with Crippen LogP contribution in [0.2, 0.25) is 0 Å². The first-order valence-corrected chi connectivity index (χ1v) is 5.36. The molecule has 1 N–H and O–H groups in total. The van der Waals surface area contributed by atoms with Crippen LogP contribution in [0.1, 0.15) is 5.56 Å². The van der Waals surface area contributed by atoms with Crippen LogP contribution in [0.3, 0.4) is 0 Å². The molecule has 1 fully saturated rings. The van der Waals surface area contributed by atoms with Crippen LogP contribution in [-0.4, -0.2) is 36.6 Å². The molecule has 86 valence electrons. The average molecular weight is 222 g/mol. The number of hydrogen-bond acceptors (Lipinski definition) is 2. The van der Waals surface area contributed by atoms with Crippen molar-refractivity contribution in [1.29, 1.82) is 0 Å². The largest absolute Gasteiger partial charge is 0.325 e. The standard InChI is InChI=1S/C12H15FN2O/c1-9-3-2-4-11(5-9)14-12(16)8-15-6-10(13)7-15/h2-5,10H,6-8H2,1H3,(H,14,16). The quantitative estimate of drug-likeness (QED) is 0.842. The van der Waals surface area contributed by atoms with Crippen molar-refractivity contribution in [3.8, 4) is 0 Å². The maximum Gasteiger partial charge on any atom is 0.238 e.